The number of likely N-dealkylation sites (N-methyl/N-ethyl adjacent to an activating group) is 1. The number of benzene rings is 1. The maximum Gasteiger partial charge on any atom is 0.263 e. The zero-order valence-electron chi connectivity index (χ0n) is 17.4. The SMILES string of the molecule is CC(=S)OCC(=O)c1ccc(NS(=O)(=O)c2ccc(O[C@H]3CCCN(C)C3)cc2)nc1. The lowest BCUT2D eigenvalue weighted by atomic mass is 10.1. The number of ketones is 1. The Hall–Kier alpha value is -2.56. The van der Waals surface area contributed by atoms with E-state index in [0.29, 0.717) is 11.3 Å². The van der Waals surface area contributed by atoms with Crippen LogP contribution in [0.25, 0.3) is 0 Å². The number of ether oxygens (including phenoxy) is 2. The van der Waals surface area contributed by atoms with Crippen molar-refractivity contribution in [1.82, 2.24) is 9.88 Å². The van der Waals surface area contributed by atoms with Crippen molar-refractivity contribution in [2.45, 2.75) is 30.8 Å². The molecule has 0 bridgehead atoms. The van der Waals surface area contributed by atoms with Gasteiger partial charge in [-0.2, -0.15) is 0 Å². The number of anilines is 1. The fourth-order valence-corrected chi connectivity index (χ4v) is 4.24. The molecule has 1 aromatic carbocycles. The number of carbonyl (C=O) groups excluding carboxylic acids is 1. The number of hydrogen-bond acceptors (Lipinski definition) is 8. The minimum absolute atomic E-state index is 0.0902. The molecule has 8 nitrogen and oxygen atoms in total. The minimum atomic E-state index is -3.83. The monoisotopic (exact) mass is 463 g/mol. The van der Waals surface area contributed by atoms with Gasteiger partial charge in [0.1, 0.15) is 17.7 Å². The van der Waals surface area contributed by atoms with Crippen LogP contribution in [0.15, 0.2) is 47.5 Å². The maximum atomic E-state index is 12.6. The van der Waals surface area contributed by atoms with Crippen molar-refractivity contribution in [3.05, 3.63) is 48.2 Å². The Morgan fingerprint density at radius 2 is 2.00 bits per heavy atom. The average Bonchev–Trinajstić information content (AvgIpc) is 2.73. The molecule has 3 rings (SSSR count). The van der Waals surface area contributed by atoms with Crippen LogP contribution in [0.5, 0.6) is 5.75 Å². The Labute approximate surface area is 187 Å². The first-order chi connectivity index (χ1) is 14.7. The molecule has 0 aliphatic carbocycles. The third kappa shape index (κ3) is 6.71. The number of aromatic nitrogens is 1. The molecule has 10 heteroatoms. The van der Waals surface area contributed by atoms with Crippen LogP contribution in [0.1, 0.15) is 30.1 Å². The van der Waals surface area contributed by atoms with Crippen molar-refractivity contribution in [2.24, 2.45) is 0 Å². The quantitative estimate of drug-likeness (QED) is 0.471. The van der Waals surface area contributed by atoms with Crippen LogP contribution in [-0.4, -0.2) is 62.0 Å². The zero-order chi connectivity index (χ0) is 22.4. The van der Waals surface area contributed by atoms with Crippen molar-refractivity contribution in [1.29, 1.82) is 0 Å². The van der Waals surface area contributed by atoms with Crippen LogP contribution in [-0.2, 0) is 14.8 Å². The topological polar surface area (TPSA) is 97.8 Å². The van der Waals surface area contributed by atoms with Gasteiger partial charge in [-0.25, -0.2) is 13.4 Å². The van der Waals surface area contributed by atoms with E-state index in [4.69, 9.17) is 21.7 Å². The van der Waals surface area contributed by atoms with E-state index < -0.39 is 10.0 Å². The van der Waals surface area contributed by atoms with Gasteiger partial charge in [0.15, 0.2) is 11.7 Å². The summed E-state index contributed by atoms with van der Waals surface area (Å²) < 4.78 is 38.7. The fourth-order valence-electron chi connectivity index (χ4n) is 3.17. The Balaban J connectivity index is 1.61. The number of hydrogen-bond donors (Lipinski definition) is 1. The average molecular weight is 464 g/mol. The normalized spacial score (nSPS) is 17.0. The molecular weight excluding hydrogens is 438 g/mol. The number of likely N-dealkylation sites (tertiary alicyclic amines) is 1. The molecule has 1 aliphatic heterocycles. The summed E-state index contributed by atoms with van der Waals surface area (Å²) in [6, 6.07) is 9.19. The molecule has 0 saturated carbocycles. The summed E-state index contributed by atoms with van der Waals surface area (Å²) >= 11 is 4.77. The van der Waals surface area contributed by atoms with Crippen LogP contribution >= 0.6 is 12.2 Å². The van der Waals surface area contributed by atoms with Crippen molar-refractivity contribution in [3.8, 4) is 5.75 Å². The predicted molar refractivity (Wildman–Crippen MR) is 121 cm³/mol. The van der Waals surface area contributed by atoms with E-state index in [-0.39, 0.29) is 34.3 Å². The molecule has 2 aromatic rings. The van der Waals surface area contributed by atoms with Gasteiger partial charge in [0, 0.05) is 25.2 Å². The Morgan fingerprint density at radius 1 is 1.26 bits per heavy atom. The molecule has 0 spiro atoms. The fraction of sp³-hybridized carbons (Fsp3) is 0.381. The Kier molecular flexibility index (Phi) is 7.58. The van der Waals surface area contributed by atoms with Gasteiger partial charge in [0.2, 0.25) is 5.78 Å². The summed E-state index contributed by atoms with van der Waals surface area (Å²) in [5, 5.41) is 0.271. The zero-order valence-corrected chi connectivity index (χ0v) is 19.0. The summed E-state index contributed by atoms with van der Waals surface area (Å²) in [5.41, 5.74) is 0.300. The number of sulfonamides is 1. The number of Topliss-reactive ketones (excluding diaryl/α,β-unsaturated/α-hetero) is 1. The molecule has 1 saturated heterocycles. The number of pyridine rings is 1. The van der Waals surface area contributed by atoms with Crippen LogP contribution in [0.4, 0.5) is 5.82 Å². The number of rotatable bonds is 8. The van der Waals surface area contributed by atoms with Crippen molar-refractivity contribution in [2.75, 3.05) is 31.5 Å². The summed E-state index contributed by atoms with van der Waals surface area (Å²) in [7, 11) is -1.77. The largest absolute Gasteiger partial charge is 0.489 e. The molecule has 1 aliphatic rings. The number of nitrogens with one attached hydrogen (secondary N) is 1. The molecule has 1 N–H and O–H groups in total. The second-order valence-corrected chi connectivity index (χ2v) is 9.61. The number of nitrogens with zero attached hydrogens (tertiary/aromatic N) is 2. The van der Waals surface area contributed by atoms with Gasteiger partial charge in [0.25, 0.3) is 10.0 Å². The third-order valence-electron chi connectivity index (χ3n) is 4.75. The molecule has 166 valence electrons. The molecular formula is C21H25N3O5S2. The lowest BCUT2D eigenvalue weighted by Gasteiger charge is -2.30. The van der Waals surface area contributed by atoms with Crippen LogP contribution in [0.2, 0.25) is 0 Å². The predicted octanol–water partition coefficient (Wildman–Crippen LogP) is 2.90. The molecule has 1 aromatic heterocycles. The van der Waals surface area contributed by atoms with Gasteiger partial charge in [0.05, 0.1) is 4.90 Å². The minimum Gasteiger partial charge on any atom is -0.489 e. The van der Waals surface area contributed by atoms with Crippen LogP contribution in [0.3, 0.4) is 0 Å². The molecule has 1 fully saturated rings. The van der Waals surface area contributed by atoms with Crippen LogP contribution in [0, 0.1) is 0 Å². The van der Waals surface area contributed by atoms with E-state index >= 15 is 0 Å². The maximum absolute atomic E-state index is 12.6. The number of carbonyl (C=O) groups is 1. The van der Waals surface area contributed by atoms with Gasteiger partial charge >= 0.3 is 0 Å². The van der Waals surface area contributed by atoms with Crippen molar-refractivity contribution >= 4 is 38.9 Å². The first-order valence-electron chi connectivity index (χ1n) is 9.83. The Morgan fingerprint density at radius 3 is 2.61 bits per heavy atom. The standard InChI is InChI=1S/C21H25N3O5S2/c1-15(30)28-14-20(25)16-5-10-21(22-12-16)23-31(26,27)19-8-6-17(7-9-19)29-18-4-3-11-24(2)13-18/h5-10,12,18H,3-4,11,13-14H2,1-2H3,(H,22,23)/t18-/m0/s1. The second kappa shape index (κ2) is 10.2. The van der Waals surface area contributed by atoms with E-state index in [9.17, 15) is 13.2 Å². The number of piperidine rings is 1. The highest BCUT2D eigenvalue weighted by atomic mass is 32.2. The number of thiocarbonyl (C=S) groups is 1. The third-order valence-corrected chi connectivity index (χ3v) is 6.24. The summed E-state index contributed by atoms with van der Waals surface area (Å²) in [6.45, 7) is 3.30. The molecule has 0 unspecified atom stereocenters. The summed E-state index contributed by atoms with van der Waals surface area (Å²) in [5.74, 6) is 0.439. The molecule has 1 atom stereocenters. The summed E-state index contributed by atoms with van der Waals surface area (Å²) in [4.78, 5) is 18.3. The van der Waals surface area contributed by atoms with Crippen molar-refractivity contribution < 1.29 is 22.7 Å². The smallest absolute Gasteiger partial charge is 0.263 e. The Bertz CT molecular complexity index is 1020. The van der Waals surface area contributed by atoms with Crippen molar-refractivity contribution in [3.63, 3.8) is 0 Å². The van der Waals surface area contributed by atoms with E-state index in [2.05, 4.69) is 21.7 Å². The first-order valence-corrected chi connectivity index (χ1v) is 11.7. The van der Waals surface area contributed by atoms with Gasteiger partial charge < -0.3 is 14.4 Å². The second-order valence-electron chi connectivity index (χ2n) is 7.36. The van der Waals surface area contributed by atoms with E-state index in [0.717, 1.165) is 25.9 Å². The molecule has 0 amide bonds. The summed E-state index contributed by atoms with van der Waals surface area (Å²) in [6.07, 6.45) is 3.45. The van der Waals surface area contributed by atoms with Gasteiger partial charge in [-0.05, 0) is 75.1 Å². The lowest BCUT2D eigenvalue weighted by Crippen LogP contribution is -2.38. The van der Waals surface area contributed by atoms with Gasteiger partial charge in [-0.3, -0.25) is 9.52 Å². The lowest BCUT2D eigenvalue weighted by molar-refractivity contribution is 0.0915. The highest BCUT2D eigenvalue weighted by molar-refractivity contribution is 7.92. The highest BCUT2D eigenvalue weighted by Crippen LogP contribution is 2.21. The van der Waals surface area contributed by atoms with E-state index in [1.807, 2.05) is 0 Å². The van der Waals surface area contributed by atoms with Gasteiger partial charge in [-0.15, -0.1) is 0 Å². The highest BCUT2D eigenvalue weighted by Gasteiger charge is 2.20. The van der Waals surface area contributed by atoms with E-state index in [1.165, 1.54) is 30.5 Å². The first kappa shape index (κ1) is 23.1. The molecule has 0 radical (unpaired) electrons. The van der Waals surface area contributed by atoms with Gasteiger partial charge in [-0.1, -0.05) is 0 Å². The molecule has 2 heterocycles. The van der Waals surface area contributed by atoms with Crippen LogP contribution < -0.4 is 9.46 Å². The molecule has 31 heavy (non-hydrogen) atoms. The van der Waals surface area contributed by atoms with E-state index in [1.54, 1.807) is 19.1 Å².